The fourth-order valence-electron chi connectivity index (χ4n) is 2.69. The molecule has 0 radical (unpaired) electrons. The SMILES string of the molecule is O=CC1CCCN(c2cncc3ccccc23)C1. The van der Waals surface area contributed by atoms with Crippen LogP contribution in [-0.4, -0.2) is 24.4 Å². The topological polar surface area (TPSA) is 33.2 Å². The van der Waals surface area contributed by atoms with E-state index in [4.69, 9.17) is 0 Å². The normalized spacial score (nSPS) is 20.0. The van der Waals surface area contributed by atoms with Crippen LogP contribution in [0.25, 0.3) is 10.8 Å². The van der Waals surface area contributed by atoms with E-state index in [-0.39, 0.29) is 5.92 Å². The number of hydrogen-bond acceptors (Lipinski definition) is 3. The summed E-state index contributed by atoms with van der Waals surface area (Å²) in [6.07, 6.45) is 6.98. The fraction of sp³-hybridized carbons (Fsp3) is 0.333. The summed E-state index contributed by atoms with van der Waals surface area (Å²) >= 11 is 0. The number of benzene rings is 1. The minimum absolute atomic E-state index is 0.165. The molecular weight excluding hydrogens is 224 g/mol. The summed E-state index contributed by atoms with van der Waals surface area (Å²) in [5.74, 6) is 0.165. The molecule has 18 heavy (non-hydrogen) atoms. The number of rotatable bonds is 2. The largest absolute Gasteiger partial charge is 0.369 e. The van der Waals surface area contributed by atoms with Crippen molar-refractivity contribution in [1.82, 2.24) is 4.98 Å². The van der Waals surface area contributed by atoms with Gasteiger partial charge in [0, 0.05) is 36.0 Å². The lowest BCUT2D eigenvalue weighted by Gasteiger charge is -2.32. The molecule has 1 saturated heterocycles. The third-order valence-electron chi connectivity index (χ3n) is 3.64. The smallest absolute Gasteiger partial charge is 0.124 e. The molecule has 1 atom stereocenters. The van der Waals surface area contributed by atoms with E-state index in [2.05, 4.69) is 22.0 Å². The van der Waals surface area contributed by atoms with Crippen molar-refractivity contribution in [3.05, 3.63) is 36.7 Å². The van der Waals surface area contributed by atoms with Crippen LogP contribution in [0.15, 0.2) is 36.7 Å². The number of pyridine rings is 1. The molecule has 1 aromatic heterocycles. The van der Waals surface area contributed by atoms with Crippen LogP contribution >= 0.6 is 0 Å². The van der Waals surface area contributed by atoms with E-state index >= 15 is 0 Å². The highest BCUT2D eigenvalue weighted by atomic mass is 16.1. The molecule has 0 amide bonds. The summed E-state index contributed by atoms with van der Waals surface area (Å²) in [6, 6.07) is 8.27. The Morgan fingerprint density at radius 2 is 2.17 bits per heavy atom. The first-order valence-corrected chi connectivity index (χ1v) is 6.41. The highest BCUT2D eigenvalue weighted by Crippen LogP contribution is 2.28. The van der Waals surface area contributed by atoms with Gasteiger partial charge in [0.1, 0.15) is 6.29 Å². The van der Waals surface area contributed by atoms with Gasteiger partial charge in [-0.05, 0) is 12.8 Å². The van der Waals surface area contributed by atoms with Crippen molar-refractivity contribution in [3.8, 4) is 0 Å². The molecule has 3 nitrogen and oxygen atoms in total. The average Bonchev–Trinajstić information content (AvgIpc) is 2.47. The molecule has 0 aliphatic carbocycles. The van der Waals surface area contributed by atoms with Crippen LogP contribution < -0.4 is 4.90 Å². The van der Waals surface area contributed by atoms with Crippen molar-refractivity contribution < 1.29 is 4.79 Å². The van der Waals surface area contributed by atoms with E-state index in [1.54, 1.807) is 0 Å². The zero-order chi connectivity index (χ0) is 12.4. The first-order chi connectivity index (χ1) is 8.88. The van der Waals surface area contributed by atoms with Gasteiger partial charge in [-0.15, -0.1) is 0 Å². The zero-order valence-corrected chi connectivity index (χ0v) is 10.2. The Hall–Kier alpha value is -1.90. The number of carbonyl (C=O) groups excluding carboxylic acids is 1. The molecular formula is C15H16N2O. The van der Waals surface area contributed by atoms with E-state index < -0.39 is 0 Å². The van der Waals surface area contributed by atoms with Crippen LogP contribution in [0, 0.1) is 5.92 Å². The first kappa shape index (κ1) is 11.2. The quantitative estimate of drug-likeness (QED) is 0.757. The molecule has 1 unspecified atom stereocenters. The molecule has 0 N–H and O–H groups in total. The number of carbonyl (C=O) groups is 1. The zero-order valence-electron chi connectivity index (χ0n) is 10.2. The van der Waals surface area contributed by atoms with Gasteiger partial charge < -0.3 is 9.69 Å². The van der Waals surface area contributed by atoms with Crippen LogP contribution in [0.2, 0.25) is 0 Å². The van der Waals surface area contributed by atoms with Crippen molar-refractivity contribution in [2.24, 2.45) is 5.92 Å². The molecule has 1 fully saturated rings. The summed E-state index contributed by atoms with van der Waals surface area (Å²) < 4.78 is 0. The number of hydrogen-bond donors (Lipinski definition) is 0. The molecule has 0 bridgehead atoms. The van der Waals surface area contributed by atoms with E-state index in [0.717, 1.165) is 43.3 Å². The van der Waals surface area contributed by atoms with E-state index in [0.29, 0.717) is 0 Å². The van der Waals surface area contributed by atoms with E-state index in [1.807, 2.05) is 24.5 Å². The predicted octanol–water partition coefficient (Wildman–Crippen LogP) is 2.65. The second-order valence-corrected chi connectivity index (χ2v) is 4.86. The molecule has 0 spiro atoms. The lowest BCUT2D eigenvalue weighted by atomic mass is 9.98. The third-order valence-corrected chi connectivity index (χ3v) is 3.64. The second kappa shape index (κ2) is 4.77. The Balaban J connectivity index is 2.00. The van der Waals surface area contributed by atoms with Gasteiger partial charge in [0.05, 0.1) is 11.9 Å². The molecule has 1 aliphatic heterocycles. The molecule has 92 valence electrons. The number of anilines is 1. The Morgan fingerprint density at radius 1 is 1.28 bits per heavy atom. The van der Waals surface area contributed by atoms with Gasteiger partial charge in [0.2, 0.25) is 0 Å². The lowest BCUT2D eigenvalue weighted by molar-refractivity contribution is -0.111. The highest BCUT2D eigenvalue weighted by Gasteiger charge is 2.20. The van der Waals surface area contributed by atoms with Gasteiger partial charge >= 0.3 is 0 Å². The third kappa shape index (κ3) is 1.96. The Labute approximate surface area is 106 Å². The van der Waals surface area contributed by atoms with Crippen molar-refractivity contribution in [2.75, 3.05) is 18.0 Å². The minimum Gasteiger partial charge on any atom is -0.369 e. The second-order valence-electron chi connectivity index (χ2n) is 4.86. The van der Waals surface area contributed by atoms with Crippen LogP contribution in [0.5, 0.6) is 0 Å². The van der Waals surface area contributed by atoms with Gasteiger partial charge in [0.15, 0.2) is 0 Å². The monoisotopic (exact) mass is 240 g/mol. The van der Waals surface area contributed by atoms with Gasteiger partial charge in [-0.2, -0.15) is 0 Å². The van der Waals surface area contributed by atoms with E-state index in [1.165, 1.54) is 5.39 Å². The Kier molecular flexibility index (Phi) is 2.97. The molecule has 3 heteroatoms. The fourth-order valence-corrected chi connectivity index (χ4v) is 2.69. The average molecular weight is 240 g/mol. The standard InChI is InChI=1S/C15H16N2O/c18-11-12-4-3-7-17(10-12)15-9-16-8-13-5-1-2-6-14(13)15/h1-2,5-6,8-9,11-12H,3-4,7,10H2. The molecule has 2 aromatic rings. The van der Waals surface area contributed by atoms with Crippen LogP contribution in [0.1, 0.15) is 12.8 Å². The molecule has 1 aromatic carbocycles. The van der Waals surface area contributed by atoms with Crippen molar-refractivity contribution >= 4 is 22.7 Å². The number of aldehydes is 1. The number of fused-ring (bicyclic) bond motifs is 1. The minimum atomic E-state index is 0.165. The number of aromatic nitrogens is 1. The number of nitrogens with zero attached hydrogens (tertiary/aromatic N) is 2. The van der Waals surface area contributed by atoms with Crippen LogP contribution in [-0.2, 0) is 4.79 Å². The molecule has 3 rings (SSSR count). The predicted molar refractivity (Wildman–Crippen MR) is 72.7 cm³/mol. The maximum Gasteiger partial charge on any atom is 0.124 e. The van der Waals surface area contributed by atoms with Gasteiger partial charge in [0.25, 0.3) is 0 Å². The van der Waals surface area contributed by atoms with Crippen molar-refractivity contribution in [2.45, 2.75) is 12.8 Å². The number of piperidine rings is 1. The summed E-state index contributed by atoms with van der Waals surface area (Å²) in [4.78, 5) is 17.6. The van der Waals surface area contributed by atoms with Gasteiger partial charge in [-0.1, -0.05) is 24.3 Å². The van der Waals surface area contributed by atoms with Gasteiger partial charge in [-0.3, -0.25) is 4.98 Å². The summed E-state index contributed by atoms with van der Waals surface area (Å²) in [5.41, 5.74) is 1.15. The highest BCUT2D eigenvalue weighted by molar-refractivity contribution is 5.93. The Morgan fingerprint density at radius 3 is 3.06 bits per heavy atom. The van der Waals surface area contributed by atoms with Crippen LogP contribution in [0.4, 0.5) is 5.69 Å². The van der Waals surface area contributed by atoms with E-state index in [9.17, 15) is 4.79 Å². The first-order valence-electron chi connectivity index (χ1n) is 6.41. The van der Waals surface area contributed by atoms with Crippen LogP contribution in [0.3, 0.4) is 0 Å². The maximum atomic E-state index is 11.0. The van der Waals surface area contributed by atoms with Gasteiger partial charge in [-0.25, -0.2) is 0 Å². The summed E-state index contributed by atoms with van der Waals surface area (Å²) in [6.45, 7) is 1.83. The van der Waals surface area contributed by atoms with Crippen molar-refractivity contribution in [1.29, 1.82) is 0 Å². The summed E-state index contributed by atoms with van der Waals surface area (Å²) in [7, 11) is 0. The molecule has 2 heterocycles. The summed E-state index contributed by atoms with van der Waals surface area (Å²) in [5, 5.41) is 2.38. The van der Waals surface area contributed by atoms with Crippen molar-refractivity contribution in [3.63, 3.8) is 0 Å². The molecule has 0 saturated carbocycles. The molecule has 1 aliphatic rings. The maximum absolute atomic E-state index is 11.0. The lowest BCUT2D eigenvalue weighted by Crippen LogP contribution is -2.36. The Bertz CT molecular complexity index is 562.